The Balaban J connectivity index is 1.17. The van der Waals surface area contributed by atoms with Crippen molar-refractivity contribution in [3.63, 3.8) is 0 Å². The van der Waals surface area contributed by atoms with E-state index < -0.39 is 23.7 Å². The maximum atomic E-state index is 14.0. The van der Waals surface area contributed by atoms with E-state index in [4.69, 9.17) is 9.47 Å². The predicted octanol–water partition coefficient (Wildman–Crippen LogP) is 2.48. The SMILES string of the molecule is C=[N+](CCCCCCOc1ccc2c(c1)CN(C1CCC(=O)NC1=O)C2=O)C(=O)c1cc(OC)ncc1F. The molecule has 1 atom stereocenters. The van der Waals surface area contributed by atoms with Gasteiger partial charge >= 0.3 is 5.91 Å². The van der Waals surface area contributed by atoms with Gasteiger partial charge in [0.25, 0.3) is 5.91 Å². The second-order valence-electron chi connectivity index (χ2n) is 9.26. The number of pyridine rings is 1. The number of piperidine rings is 1. The van der Waals surface area contributed by atoms with Crippen LogP contribution in [0.25, 0.3) is 0 Å². The number of nitrogens with zero attached hydrogens (tertiary/aromatic N) is 3. The van der Waals surface area contributed by atoms with Crippen molar-refractivity contribution in [3.8, 4) is 11.6 Å². The Kier molecular flexibility index (Phi) is 8.45. The average molecular weight is 526 g/mol. The van der Waals surface area contributed by atoms with Gasteiger partial charge in [0.1, 0.15) is 24.1 Å². The lowest BCUT2D eigenvalue weighted by Crippen LogP contribution is -2.52. The Morgan fingerprint density at radius 1 is 1.21 bits per heavy atom. The molecule has 1 unspecified atom stereocenters. The summed E-state index contributed by atoms with van der Waals surface area (Å²) < 4.78 is 26.0. The number of hydrogen-bond acceptors (Lipinski definition) is 7. The summed E-state index contributed by atoms with van der Waals surface area (Å²) in [4.78, 5) is 54.1. The number of unbranched alkanes of at least 4 members (excludes halogenated alkanes) is 3. The molecule has 200 valence electrons. The molecule has 1 N–H and O–H groups in total. The van der Waals surface area contributed by atoms with Crippen LogP contribution in [0, 0.1) is 5.82 Å². The van der Waals surface area contributed by atoms with E-state index in [9.17, 15) is 23.6 Å². The number of ether oxygens (including phenoxy) is 2. The molecule has 0 spiro atoms. The lowest BCUT2D eigenvalue weighted by molar-refractivity contribution is -0.420. The van der Waals surface area contributed by atoms with Gasteiger partial charge in [-0.2, -0.15) is 4.58 Å². The van der Waals surface area contributed by atoms with Crippen molar-refractivity contribution < 1.29 is 37.6 Å². The van der Waals surface area contributed by atoms with Crippen LogP contribution in [-0.2, 0) is 16.1 Å². The number of rotatable bonds is 11. The van der Waals surface area contributed by atoms with Crippen molar-refractivity contribution in [1.82, 2.24) is 15.2 Å². The van der Waals surface area contributed by atoms with Gasteiger partial charge in [-0.05, 0) is 49.4 Å². The summed E-state index contributed by atoms with van der Waals surface area (Å²) in [6.45, 7) is 4.89. The monoisotopic (exact) mass is 525 g/mol. The zero-order chi connectivity index (χ0) is 27.2. The summed E-state index contributed by atoms with van der Waals surface area (Å²) in [6.07, 6.45) is 4.69. The Morgan fingerprint density at radius 2 is 2.00 bits per heavy atom. The third-order valence-corrected chi connectivity index (χ3v) is 6.64. The van der Waals surface area contributed by atoms with Crippen molar-refractivity contribution in [2.24, 2.45) is 0 Å². The van der Waals surface area contributed by atoms with E-state index >= 15 is 0 Å². The largest absolute Gasteiger partial charge is 0.494 e. The van der Waals surface area contributed by atoms with Gasteiger partial charge in [-0.3, -0.25) is 19.7 Å². The molecule has 1 aromatic carbocycles. The lowest BCUT2D eigenvalue weighted by atomic mass is 10.0. The lowest BCUT2D eigenvalue weighted by Gasteiger charge is -2.29. The summed E-state index contributed by atoms with van der Waals surface area (Å²) in [5.41, 5.74) is 1.21. The number of fused-ring (bicyclic) bond motifs is 1. The molecule has 2 aliphatic heterocycles. The van der Waals surface area contributed by atoms with E-state index in [1.807, 2.05) is 6.07 Å². The number of nitrogens with one attached hydrogen (secondary N) is 1. The van der Waals surface area contributed by atoms with Crippen molar-refractivity contribution in [1.29, 1.82) is 0 Å². The predicted molar refractivity (Wildman–Crippen MR) is 134 cm³/mol. The minimum Gasteiger partial charge on any atom is -0.494 e. The highest BCUT2D eigenvalue weighted by Gasteiger charge is 2.39. The first-order valence-electron chi connectivity index (χ1n) is 12.5. The van der Waals surface area contributed by atoms with Crippen LogP contribution in [0.3, 0.4) is 0 Å². The number of benzene rings is 1. The number of halogens is 1. The molecule has 10 nitrogen and oxygen atoms in total. The quantitative estimate of drug-likeness (QED) is 0.207. The zero-order valence-corrected chi connectivity index (χ0v) is 21.2. The number of carbonyl (C=O) groups excluding carboxylic acids is 4. The average Bonchev–Trinajstić information content (AvgIpc) is 3.23. The summed E-state index contributed by atoms with van der Waals surface area (Å²) in [6, 6.07) is 5.88. The molecule has 11 heteroatoms. The van der Waals surface area contributed by atoms with Gasteiger partial charge in [0.15, 0.2) is 12.4 Å². The molecular formula is C27H30FN4O6+. The maximum absolute atomic E-state index is 14.0. The van der Waals surface area contributed by atoms with Gasteiger partial charge in [0, 0.05) is 31.0 Å². The van der Waals surface area contributed by atoms with Crippen molar-refractivity contribution in [3.05, 3.63) is 53.0 Å². The van der Waals surface area contributed by atoms with E-state index in [1.54, 1.807) is 12.1 Å². The van der Waals surface area contributed by atoms with E-state index in [0.29, 0.717) is 43.9 Å². The van der Waals surface area contributed by atoms with Crippen molar-refractivity contribution in [2.45, 2.75) is 51.1 Å². The Labute approximate surface area is 219 Å². The minimum absolute atomic E-state index is 0.128. The van der Waals surface area contributed by atoms with E-state index in [1.165, 1.54) is 22.7 Å². The highest BCUT2D eigenvalue weighted by Crippen LogP contribution is 2.30. The number of carbonyl (C=O) groups is 4. The molecule has 0 radical (unpaired) electrons. The maximum Gasteiger partial charge on any atom is 0.422 e. The fourth-order valence-corrected chi connectivity index (χ4v) is 4.56. The van der Waals surface area contributed by atoms with Crippen LogP contribution in [0.4, 0.5) is 4.39 Å². The first-order chi connectivity index (χ1) is 18.3. The topological polar surface area (TPSA) is 118 Å². The fraction of sp³-hybridized carbons (Fsp3) is 0.407. The van der Waals surface area contributed by atoms with Crippen molar-refractivity contribution >= 4 is 30.3 Å². The normalized spacial score (nSPS) is 16.7. The molecule has 1 fully saturated rings. The smallest absolute Gasteiger partial charge is 0.422 e. The highest BCUT2D eigenvalue weighted by atomic mass is 19.1. The van der Waals surface area contributed by atoms with Crippen LogP contribution >= 0.6 is 0 Å². The van der Waals surface area contributed by atoms with Gasteiger partial charge in [-0.15, -0.1) is 0 Å². The second-order valence-corrected chi connectivity index (χ2v) is 9.26. The summed E-state index contributed by atoms with van der Waals surface area (Å²) in [7, 11) is 1.39. The molecule has 38 heavy (non-hydrogen) atoms. The van der Waals surface area contributed by atoms with E-state index in [2.05, 4.69) is 17.0 Å². The van der Waals surface area contributed by atoms with E-state index in [0.717, 1.165) is 31.0 Å². The zero-order valence-electron chi connectivity index (χ0n) is 21.2. The van der Waals surface area contributed by atoms with Gasteiger partial charge in [-0.25, -0.2) is 14.2 Å². The minimum atomic E-state index is -0.721. The number of methoxy groups -OCH3 is 1. The number of aromatic nitrogens is 1. The molecule has 1 aromatic heterocycles. The molecular weight excluding hydrogens is 495 g/mol. The molecule has 0 aliphatic carbocycles. The third-order valence-electron chi connectivity index (χ3n) is 6.64. The molecule has 1 saturated heterocycles. The van der Waals surface area contributed by atoms with Gasteiger partial charge < -0.3 is 14.4 Å². The Hall–Kier alpha value is -4.15. The molecule has 0 saturated carbocycles. The third kappa shape index (κ3) is 6.04. The van der Waals surface area contributed by atoms with Crippen LogP contribution < -0.4 is 14.8 Å². The first kappa shape index (κ1) is 26.9. The molecule has 3 heterocycles. The van der Waals surface area contributed by atoms with Crippen LogP contribution in [0.5, 0.6) is 11.6 Å². The first-order valence-corrected chi connectivity index (χ1v) is 12.5. The number of imide groups is 1. The summed E-state index contributed by atoms with van der Waals surface area (Å²) in [5, 5.41) is 2.30. The molecule has 2 aromatic rings. The van der Waals surface area contributed by atoms with Crippen molar-refractivity contribution in [2.75, 3.05) is 20.3 Å². The van der Waals surface area contributed by atoms with Crippen LogP contribution in [0.2, 0.25) is 0 Å². The molecule has 4 amide bonds. The highest BCUT2D eigenvalue weighted by molar-refractivity contribution is 6.05. The van der Waals surface area contributed by atoms with Crippen LogP contribution in [0.15, 0.2) is 30.5 Å². The number of hydrogen-bond donors (Lipinski definition) is 1. The van der Waals surface area contributed by atoms with Crippen LogP contribution in [-0.4, -0.2) is 71.1 Å². The fourth-order valence-electron chi connectivity index (χ4n) is 4.56. The van der Waals surface area contributed by atoms with E-state index in [-0.39, 0.29) is 29.7 Å². The van der Waals surface area contributed by atoms with Gasteiger partial charge in [0.2, 0.25) is 17.7 Å². The molecule has 2 aliphatic rings. The van der Waals surface area contributed by atoms with Gasteiger partial charge in [-0.1, -0.05) is 0 Å². The summed E-state index contributed by atoms with van der Waals surface area (Å²) >= 11 is 0. The Morgan fingerprint density at radius 3 is 2.76 bits per heavy atom. The Bertz CT molecular complexity index is 1280. The van der Waals surface area contributed by atoms with Gasteiger partial charge in [0.05, 0.1) is 19.9 Å². The number of amides is 4. The molecule has 4 rings (SSSR count). The van der Waals surface area contributed by atoms with Crippen LogP contribution in [0.1, 0.15) is 64.8 Å². The second kappa shape index (κ2) is 11.9. The molecule has 0 bridgehead atoms. The standard InChI is InChI=1S/C27H29FN4O6/c1-31(26(35)20-14-24(37-2)29-15-21(20)28)11-5-3-4-6-12-38-18-7-8-19-17(13-18)16-32(27(19)36)22-9-10-23(33)30-25(22)34/h7-8,13-15,22H,1,3-6,9-12,16H2,2H3/p+1. The summed E-state index contributed by atoms with van der Waals surface area (Å²) in [5.74, 6) is -1.42.